The van der Waals surface area contributed by atoms with E-state index in [1.54, 1.807) is 13.0 Å². The Morgan fingerprint density at radius 3 is 2.58 bits per heavy atom. The predicted octanol–water partition coefficient (Wildman–Crippen LogP) is 0.460. The Morgan fingerprint density at radius 2 is 2.05 bits per heavy atom. The monoisotopic (exact) mass is 260 g/mol. The first-order valence-electron chi connectivity index (χ1n) is 6.00. The van der Waals surface area contributed by atoms with Crippen LogP contribution < -0.4 is 11.1 Å². The van der Waals surface area contributed by atoms with E-state index in [9.17, 15) is 9.59 Å². The van der Waals surface area contributed by atoms with Crippen LogP contribution in [0.5, 0.6) is 0 Å². The van der Waals surface area contributed by atoms with Crippen molar-refractivity contribution in [2.75, 3.05) is 13.2 Å². The highest BCUT2D eigenvalue weighted by Crippen LogP contribution is 2.29. The number of hydrogen-bond acceptors (Lipinski definition) is 4. The Kier molecular flexibility index (Phi) is 3.78. The minimum absolute atomic E-state index is 0.170. The third kappa shape index (κ3) is 3.27. The number of rotatable bonds is 5. The normalized spacial score (nSPS) is 21.9. The van der Waals surface area contributed by atoms with Gasteiger partial charge in [-0.05, 0) is 18.6 Å². The van der Waals surface area contributed by atoms with Crippen molar-refractivity contribution < 1.29 is 14.3 Å². The maximum Gasteiger partial charge on any atom is 0.238 e. The van der Waals surface area contributed by atoms with Crippen LogP contribution in [0.2, 0.25) is 0 Å². The molecular formula is C14H16N2O3. The topological polar surface area (TPSA) is 84.7 Å². The number of benzene rings is 1. The van der Waals surface area contributed by atoms with Crippen LogP contribution in [0.25, 0.3) is 6.08 Å². The second kappa shape index (κ2) is 5.34. The van der Waals surface area contributed by atoms with Gasteiger partial charge in [-0.3, -0.25) is 9.59 Å². The highest BCUT2D eigenvalue weighted by atomic mass is 16.6. The largest absolute Gasteiger partial charge is 0.361 e. The molecular weight excluding hydrogens is 244 g/mol. The van der Waals surface area contributed by atoms with Gasteiger partial charge in [0.05, 0.1) is 18.8 Å². The van der Waals surface area contributed by atoms with Gasteiger partial charge in [-0.2, -0.15) is 0 Å². The van der Waals surface area contributed by atoms with Gasteiger partial charge in [-0.15, -0.1) is 0 Å². The smallest absolute Gasteiger partial charge is 0.238 e. The summed E-state index contributed by atoms with van der Waals surface area (Å²) in [5.41, 5.74) is 5.48. The van der Waals surface area contributed by atoms with E-state index >= 15 is 0 Å². The van der Waals surface area contributed by atoms with E-state index in [0.29, 0.717) is 6.61 Å². The van der Waals surface area contributed by atoms with E-state index in [4.69, 9.17) is 10.5 Å². The maximum absolute atomic E-state index is 12.2. The van der Waals surface area contributed by atoms with Crippen molar-refractivity contribution in [3.05, 3.63) is 41.6 Å². The lowest BCUT2D eigenvalue weighted by atomic mass is 10.0. The number of carbonyl (C=O) groups excluding carboxylic acids is 2. The van der Waals surface area contributed by atoms with E-state index < -0.39 is 11.5 Å². The Balaban J connectivity index is 2.26. The molecule has 0 radical (unpaired) electrons. The summed E-state index contributed by atoms with van der Waals surface area (Å²) in [4.78, 5) is 23.6. The van der Waals surface area contributed by atoms with Gasteiger partial charge >= 0.3 is 0 Å². The van der Waals surface area contributed by atoms with Crippen molar-refractivity contribution in [2.24, 2.45) is 5.73 Å². The van der Waals surface area contributed by atoms with Crippen LogP contribution in [0.3, 0.4) is 0 Å². The molecule has 5 nitrogen and oxygen atoms in total. The highest BCUT2D eigenvalue weighted by Gasteiger charge is 2.48. The van der Waals surface area contributed by atoms with Crippen LogP contribution in [0, 0.1) is 0 Å². The number of nitrogens with two attached hydrogens (primary N) is 1. The molecule has 1 heterocycles. The molecule has 0 aromatic heterocycles. The van der Waals surface area contributed by atoms with Crippen LogP contribution in [-0.4, -0.2) is 30.4 Å². The first-order chi connectivity index (χ1) is 9.05. The number of hydrogen-bond donors (Lipinski definition) is 2. The average Bonchev–Trinajstić information content (AvgIpc) is 3.17. The van der Waals surface area contributed by atoms with E-state index in [-0.39, 0.29) is 18.0 Å². The van der Waals surface area contributed by atoms with E-state index in [1.807, 2.05) is 30.3 Å². The van der Waals surface area contributed by atoms with Gasteiger partial charge in [-0.1, -0.05) is 30.3 Å². The van der Waals surface area contributed by atoms with Gasteiger partial charge in [0.2, 0.25) is 11.7 Å². The number of ether oxygens (including phenoxy) is 1. The first kappa shape index (κ1) is 13.5. The lowest BCUT2D eigenvalue weighted by Gasteiger charge is -2.10. The van der Waals surface area contributed by atoms with Crippen molar-refractivity contribution in [1.29, 1.82) is 0 Å². The Labute approximate surface area is 111 Å². The SMILES string of the molecule is CC1(C(=O)/C(=C\c2ccccc2)NC(=O)CN)CO1. The van der Waals surface area contributed by atoms with Crippen LogP contribution in [-0.2, 0) is 14.3 Å². The fraction of sp³-hybridized carbons (Fsp3) is 0.286. The van der Waals surface area contributed by atoms with Crippen molar-refractivity contribution in [1.82, 2.24) is 5.32 Å². The second-order valence-corrected chi connectivity index (χ2v) is 4.57. The van der Waals surface area contributed by atoms with Crippen molar-refractivity contribution in [3.8, 4) is 0 Å². The minimum Gasteiger partial charge on any atom is -0.361 e. The summed E-state index contributed by atoms with van der Waals surface area (Å²) in [6.45, 7) is 1.90. The molecule has 1 amide bonds. The molecule has 2 rings (SSSR count). The molecule has 1 aliphatic rings. The summed E-state index contributed by atoms with van der Waals surface area (Å²) in [5.74, 6) is -0.641. The third-order valence-electron chi connectivity index (χ3n) is 2.87. The molecule has 1 aliphatic heterocycles. The molecule has 1 unspecified atom stereocenters. The molecule has 5 heteroatoms. The van der Waals surface area contributed by atoms with E-state index in [1.165, 1.54) is 0 Å². The number of ketones is 1. The zero-order valence-electron chi connectivity index (χ0n) is 10.7. The summed E-state index contributed by atoms with van der Waals surface area (Å²) in [7, 11) is 0. The summed E-state index contributed by atoms with van der Waals surface area (Å²) in [6.07, 6.45) is 1.63. The summed E-state index contributed by atoms with van der Waals surface area (Å²) in [6, 6.07) is 9.28. The molecule has 1 saturated heterocycles. The van der Waals surface area contributed by atoms with Crippen molar-refractivity contribution >= 4 is 17.8 Å². The number of epoxide rings is 1. The fourth-order valence-electron chi connectivity index (χ4n) is 1.60. The zero-order valence-corrected chi connectivity index (χ0v) is 10.7. The number of nitrogens with one attached hydrogen (secondary N) is 1. The quantitative estimate of drug-likeness (QED) is 0.595. The fourth-order valence-corrected chi connectivity index (χ4v) is 1.60. The molecule has 1 aromatic rings. The van der Waals surface area contributed by atoms with Gasteiger partial charge in [0.1, 0.15) is 0 Å². The summed E-state index contributed by atoms with van der Waals surface area (Å²) < 4.78 is 5.12. The van der Waals surface area contributed by atoms with Gasteiger partial charge in [0.25, 0.3) is 0 Å². The second-order valence-electron chi connectivity index (χ2n) is 4.57. The molecule has 1 aromatic carbocycles. The van der Waals surface area contributed by atoms with Crippen LogP contribution in [0.15, 0.2) is 36.0 Å². The van der Waals surface area contributed by atoms with Gasteiger partial charge in [0.15, 0.2) is 5.60 Å². The lowest BCUT2D eigenvalue weighted by Crippen LogP contribution is -2.36. The van der Waals surface area contributed by atoms with E-state index in [2.05, 4.69) is 5.32 Å². The highest BCUT2D eigenvalue weighted by molar-refractivity contribution is 6.08. The third-order valence-corrected chi connectivity index (χ3v) is 2.87. The number of carbonyl (C=O) groups is 2. The first-order valence-corrected chi connectivity index (χ1v) is 6.00. The molecule has 1 fully saturated rings. The van der Waals surface area contributed by atoms with Crippen LogP contribution >= 0.6 is 0 Å². The maximum atomic E-state index is 12.2. The number of Topliss-reactive ketones (excluding diaryl/α,β-unsaturated/α-hetero) is 1. The molecule has 100 valence electrons. The molecule has 3 N–H and O–H groups in total. The van der Waals surface area contributed by atoms with E-state index in [0.717, 1.165) is 5.56 Å². The molecule has 0 spiro atoms. The van der Waals surface area contributed by atoms with Gasteiger partial charge in [-0.25, -0.2) is 0 Å². The minimum atomic E-state index is -0.817. The molecule has 19 heavy (non-hydrogen) atoms. The van der Waals surface area contributed by atoms with Crippen LogP contribution in [0.1, 0.15) is 12.5 Å². The Bertz CT molecular complexity index is 519. The molecule has 0 saturated carbocycles. The van der Waals surface area contributed by atoms with Gasteiger partial charge in [0, 0.05) is 0 Å². The van der Waals surface area contributed by atoms with Crippen molar-refractivity contribution in [3.63, 3.8) is 0 Å². The summed E-state index contributed by atoms with van der Waals surface area (Å²) >= 11 is 0. The standard InChI is InChI=1S/C14H16N2O3/c1-14(9-19-14)13(18)11(16-12(17)8-15)7-10-5-3-2-4-6-10/h2-7H,8-9,15H2,1H3,(H,16,17)/b11-7+. The Hall–Kier alpha value is -1.98. The van der Waals surface area contributed by atoms with Gasteiger partial charge < -0.3 is 15.8 Å². The Morgan fingerprint density at radius 1 is 1.42 bits per heavy atom. The number of amides is 1. The molecule has 0 bridgehead atoms. The van der Waals surface area contributed by atoms with Crippen LogP contribution in [0.4, 0.5) is 0 Å². The average molecular weight is 260 g/mol. The summed E-state index contributed by atoms with van der Waals surface area (Å²) in [5, 5.41) is 2.53. The predicted molar refractivity (Wildman–Crippen MR) is 71.0 cm³/mol. The van der Waals surface area contributed by atoms with Crippen molar-refractivity contribution in [2.45, 2.75) is 12.5 Å². The lowest BCUT2D eigenvalue weighted by molar-refractivity contribution is -0.124. The zero-order chi connectivity index (χ0) is 13.9. The molecule has 1 atom stereocenters. The molecule has 0 aliphatic carbocycles.